The molecule has 3 aromatic carbocycles. The van der Waals surface area contributed by atoms with E-state index in [1.165, 1.54) is 0 Å². The monoisotopic (exact) mass is 472 g/mol. The number of hydrogen-bond donors (Lipinski definition) is 3. The van der Waals surface area contributed by atoms with Crippen LogP contribution in [0.5, 0.6) is 0 Å². The molecule has 7 heteroatoms. The van der Waals surface area contributed by atoms with E-state index in [1.54, 1.807) is 25.1 Å². The zero-order chi connectivity index (χ0) is 24.9. The summed E-state index contributed by atoms with van der Waals surface area (Å²) in [5.74, 6) is -1.34. The fraction of sp³-hybridized carbons (Fsp3) is 0.250. The number of ether oxygens (including phenoxy) is 1. The van der Waals surface area contributed by atoms with Crippen LogP contribution in [-0.2, 0) is 9.53 Å². The smallest absolute Gasteiger partial charge is 0.411 e. The molecule has 180 valence electrons. The Bertz CT molecular complexity index is 1220. The van der Waals surface area contributed by atoms with Crippen molar-refractivity contribution in [2.75, 3.05) is 11.9 Å². The van der Waals surface area contributed by atoms with E-state index in [-0.39, 0.29) is 24.9 Å². The molecule has 1 aliphatic carbocycles. The van der Waals surface area contributed by atoms with E-state index in [0.717, 1.165) is 22.3 Å². The minimum absolute atomic E-state index is 0.0300. The number of benzene rings is 3. The molecule has 2 amide bonds. The van der Waals surface area contributed by atoms with Crippen molar-refractivity contribution in [3.63, 3.8) is 0 Å². The van der Waals surface area contributed by atoms with Gasteiger partial charge in [-0.2, -0.15) is 0 Å². The third-order valence-corrected chi connectivity index (χ3v) is 6.32. The second-order valence-electron chi connectivity index (χ2n) is 8.66. The maximum atomic E-state index is 12.6. The average Bonchev–Trinajstić information content (AvgIpc) is 3.17. The number of aliphatic carboxylic acids is 1. The minimum Gasteiger partial charge on any atom is -0.481 e. The molecule has 0 saturated heterocycles. The van der Waals surface area contributed by atoms with Gasteiger partial charge in [-0.1, -0.05) is 55.5 Å². The molecule has 3 aromatic rings. The molecule has 0 saturated carbocycles. The van der Waals surface area contributed by atoms with Crippen molar-refractivity contribution in [2.45, 2.75) is 38.6 Å². The number of carbonyl (C=O) groups excluding carboxylic acids is 2. The first-order valence-electron chi connectivity index (χ1n) is 11.6. The van der Waals surface area contributed by atoms with Crippen molar-refractivity contribution in [3.05, 3.63) is 89.0 Å². The van der Waals surface area contributed by atoms with E-state index >= 15 is 0 Å². The van der Waals surface area contributed by atoms with Gasteiger partial charge in [0, 0.05) is 23.2 Å². The predicted octanol–water partition coefficient (Wildman–Crippen LogP) is 5.34. The van der Waals surface area contributed by atoms with Crippen LogP contribution < -0.4 is 10.6 Å². The molecule has 35 heavy (non-hydrogen) atoms. The Labute approximate surface area is 204 Å². The molecule has 7 nitrogen and oxygen atoms in total. The summed E-state index contributed by atoms with van der Waals surface area (Å²) in [5, 5.41) is 14.5. The number of aryl methyl sites for hydroxylation is 1. The first-order chi connectivity index (χ1) is 16.9. The molecule has 0 aliphatic heterocycles. The molecule has 4 rings (SSSR count). The Morgan fingerprint density at radius 1 is 0.971 bits per heavy atom. The second-order valence-corrected chi connectivity index (χ2v) is 8.66. The number of fused-ring (bicyclic) bond motifs is 3. The van der Waals surface area contributed by atoms with Gasteiger partial charge >= 0.3 is 12.1 Å². The molecule has 1 atom stereocenters. The minimum atomic E-state index is -0.962. The number of carbonyl (C=O) groups is 3. The molecule has 3 N–H and O–H groups in total. The third-order valence-electron chi connectivity index (χ3n) is 6.32. The second kappa shape index (κ2) is 10.4. The number of rotatable bonds is 8. The zero-order valence-corrected chi connectivity index (χ0v) is 19.7. The van der Waals surface area contributed by atoms with Crippen molar-refractivity contribution >= 4 is 23.7 Å². The van der Waals surface area contributed by atoms with E-state index in [2.05, 4.69) is 34.9 Å². The lowest BCUT2D eigenvalue weighted by Crippen LogP contribution is -2.36. The Morgan fingerprint density at radius 2 is 1.60 bits per heavy atom. The van der Waals surface area contributed by atoms with Crippen LogP contribution in [0.2, 0.25) is 0 Å². The predicted molar refractivity (Wildman–Crippen MR) is 134 cm³/mol. The van der Waals surface area contributed by atoms with Gasteiger partial charge in [-0.15, -0.1) is 0 Å². The molecular formula is C28H28N2O5. The number of amides is 2. The number of nitrogens with one attached hydrogen (secondary N) is 2. The lowest BCUT2D eigenvalue weighted by atomic mass is 9.98. The van der Waals surface area contributed by atoms with Crippen LogP contribution in [-0.4, -0.2) is 35.7 Å². The van der Waals surface area contributed by atoms with E-state index in [0.29, 0.717) is 23.2 Å². The summed E-state index contributed by atoms with van der Waals surface area (Å²) in [7, 11) is 0. The van der Waals surface area contributed by atoms with Gasteiger partial charge in [0.2, 0.25) is 0 Å². The number of carboxylic acids is 1. The summed E-state index contributed by atoms with van der Waals surface area (Å²) in [4.78, 5) is 36.0. The van der Waals surface area contributed by atoms with Gasteiger partial charge in [0.15, 0.2) is 0 Å². The van der Waals surface area contributed by atoms with Gasteiger partial charge in [-0.05, 0) is 59.4 Å². The van der Waals surface area contributed by atoms with Crippen LogP contribution in [0.4, 0.5) is 10.5 Å². The van der Waals surface area contributed by atoms with Crippen LogP contribution >= 0.6 is 0 Å². The van der Waals surface area contributed by atoms with E-state index in [4.69, 9.17) is 9.84 Å². The highest BCUT2D eigenvalue weighted by molar-refractivity contribution is 5.96. The molecule has 0 heterocycles. The summed E-state index contributed by atoms with van der Waals surface area (Å²) in [6, 6.07) is 20.7. The molecule has 1 aliphatic rings. The molecule has 0 aromatic heterocycles. The van der Waals surface area contributed by atoms with Crippen molar-refractivity contribution in [2.24, 2.45) is 0 Å². The summed E-state index contributed by atoms with van der Waals surface area (Å²) in [6.07, 6.45) is -0.194. The van der Waals surface area contributed by atoms with Gasteiger partial charge in [0.1, 0.15) is 6.61 Å². The lowest BCUT2D eigenvalue weighted by Gasteiger charge is -2.16. The van der Waals surface area contributed by atoms with Crippen molar-refractivity contribution in [3.8, 4) is 11.1 Å². The van der Waals surface area contributed by atoms with Gasteiger partial charge < -0.3 is 15.2 Å². The Balaban J connectivity index is 1.38. The van der Waals surface area contributed by atoms with Gasteiger partial charge in [0.05, 0.1) is 6.42 Å². The van der Waals surface area contributed by atoms with Crippen LogP contribution in [0.25, 0.3) is 11.1 Å². The molecule has 1 unspecified atom stereocenters. The number of anilines is 1. The quantitative estimate of drug-likeness (QED) is 0.411. The third kappa shape index (κ3) is 5.35. The fourth-order valence-electron chi connectivity index (χ4n) is 4.47. The average molecular weight is 473 g/mol. The maximum Gasteiger partial charge on any atom is 0.411 e. The van der Waals surface area contributed by atoms with Crippen LogP contribution in [0.15, 0.2) is 66.7 Å². The molecule has 0 radical (unpaired) electrons. The van der Waals surface area contributed by atoms with E-state index < -0.39 is 18.1 Å². The van der Waals surface area contributed by atoms with Crippen molar-refractivity contribution < 1.29 is 24.2 Å². The van der Waals surface area contributed by atoms with Gasteiger partial charge in [-0.3, -0.25) is 14.9 Å². The largest absolute Gasteiger partial charge is 0.481 e. The number of carboxylic acid groups (broad SMARTS) is 1. The Hall–Kier alpha value is -4.13. The topological polar surface area (TPSA) is 105 Å². The summed E-state index contributed by atoms with van der Waals surface area (Å²) < 4.78 is 5.60. The summed E-state index contributed by atoms with van der Waals surface area (Å²) in [5.41, 5.74) is 6.23. The Kier molecular flexibility index (Phi) is 7.15. The Morgan fingerprint density at radius 3 is 2.17 bits per heavy atom. The molecule has 0 spiro atoms. The highest BCUT2D eigenvalue weighted by Crippen LogP contribution is 2.44. The first kappa shape index (κ1) is 24.0. The highest BCUT2D eigenvalue weighted by Gasteiger charge is 2.29. The zero-order valence-electron chi connectivity index (χ0n) is 19.7. The molecule has 0 fully saturated rings. The standard InChI is InChI=1S/C28H28N2O5/c1-3-19(15-26(31)32)29-27(33)18-12-13-25(17(2)14-18)30-28(34)35-16-24-22-10-6-4-8-20(22)21-9-5-7-11-23(21)24/h4-14,19,24H,3,15-16H2,1-2H3,(H,29,33)(H,30,34)(H,31,32). The van der Waals surface area contributed by atoms with Crippen molar-refractivity contribution in [1.29, 1.82) is 0 Å². The number of hydrogen-bond acceptors (Lipinski definition) is 4. The maximum absolute atomic E-state index is 12.6. The molecular weight excluding hydrogens is 444 g/mol. The SMILES string of the molecule is CCC(CC(=O)O)NC(=O)c1ccc(NC(=O)OCC2c3ccccc3-c3ccccc32)c(C)c1. The summed E-state index contributed by atoms with van der Waals surface area (Å²) >= 11 is 0. The highest BCUT2D eigenvalue weighted by atomic mass is 16.5. The van der Waals surface area contributed by atoms with E-state index in [1.807, 2.05) is 31.2 Å². The van der Waals surface area contributed by atoms with Crippen LogP contribution in [0.3, 0.4) is 0 Å². The van der Waals surface area contributed by atoms with Crippen LogP contribution in [0, 0.1) is 6.92 Å². The fourth-order valence-corrected chi connectivity index (χ4v) is 4.47. The molecule has 0 bridgehead atoms. The lowest BCUT2D eigenvalue weighted by molar-refractivity contribution is -0.137. The first-order valence-corrected chi connectivity index (χ1v) is 11.6. The normalized spacial score (nSPS) is 12.9. The van der Waals surface area contributed by atoms with Crippen LogP contribution in [0.1, 0.15) is 52.7 Å². The van der Waals surface area contributed by atoms with E-state index in [9.17, 15) is 14.4 Å². The van der Waals surface area contributed by atoms with Gasteiger partial charge in [-0.25, -0.2) is 4.79 Å². The van der Waals surface area contributed by atoms with Crippen molar-refractivity contribution in [1.82, 2.24) is 5.32 Å². The summed E-state index contributed by atoms with van der Waals surface area (Å²) in [6.45, 7) is 3.81. The van der Waals surface area contributed by atoms with Gasteiger partial charge in [0.25, 0.3) is 5.91 Å².